The molecule has 1 aliphatic rings. The molecule has 1 saturated carbocycles. The van der Waals surface area contributed by atoms with Crippen LogP contribution in [0.2, 0.25) is 0 Å². The van der Waals surface area contributed by atoms with E-state index < -0.39 is 6.04 Å². The summed E-state index contributed by atoms with van der Waals surface area (Å²) in [5.41, 5.74) is 5.39. The second-order valence-electron chi connectivity index (χ2n) is 6.43. The maximum atomic E-state index is 11.8. The number of nitrogens with two attached hydrogens (primary N) is 1. The summed E-state index contributed by atoms with van der Waals surface area (Å²) in [6, 6.07) is -0.438. The van der Waals surface area contributed by atoms with E-state index >= 15 is 0 Å². The zero-order valence-electron chi connectivity index (χ0n) is 14.0. The molecule has 23 heavy (non-hydrogen) atoms. The van der Waals surface area contributed by atoms with Crippen LogP contribution in [0, 0.1) is 5.92 Å². The monoisotopic (exact) mass is 325 g/mol. The van der Waals surface area contributed by atoms with Crippen LogP contribution in [-0.4, -0.2) is 37.2 Å². The fourth-order valence-corrected chi connectivity index (χ4v) is 3.06. The van der Waals surface area contributed by atoms with Crippen LogP contribution >= 0.6 is 0 Å². The highest BCUT2D eigenvalue weighted by molar-refractivity contribution is 5.86. The van der Waals surface area contributed by atoms with Gasteiger partial charge in [-0.3, -0.25) is 9.59 Å². The van der Waals surface area contributed by atoms with Gasteiger partial charge in [0, 0.05) is 6.42 Å². The van der Waals surface area contributed by atoms with Crippen LogP contribution in [0.25, 0.3) is 0 Å². The van der Waals surface area contributed by atoms with Crippen LogP contribution in [0.4, 0.5) is 0 Å². The van der Waals surface area contributed by atoms with Gasteiger partial charge >= 0.3 is 0 Å². The Morgan fingerprint density at radius 3 is 2.48 bits per heavy atom. The standard InChI is InChI=1S/C17H31N3O3/c18-10-6-2-5-9-16(22)19-12-17(23)20-15(13-21)11-14-7-3-1-4-8-14/h13-15H,1-12,18H2,(H,19,22)(H,20,23)/t15-/m0/s1. The van der Waals surface area contributed by atoms with E-state index in [1.165, 1.54) is 19.3 Å². The lowest BCUT2D eigenvalue weighted by molar-refractivity contribution is -0.127. The number of carbonyl (C=O) groups is 3. The molecule has 0 aromatic carbocycles. The van der Waals surface area contributed by atoms with E-state index in [0.717, 1.165) is 38.4 Å². The molecule has 0 saturated heterocycles. The van der Waals surface area contributed by atoms with Crippen molar-refractivity contribution in [2.45, 2.75) is 70.3 Å². The number of hydrogen-bond acceptors (Lipinski definition) is 4. The van der Waals surface area contributed by atoms with Gasteiger partial charge in [0.05, 0.1) is 12.6 Å². The average molecular weight is 325 g/mol. The summed E-state index contributed by atoms with van der Waals surface area (Å²) in [5.74, 6) is 0.0942. The van der Waals surface area contributed by atoms with Crippen LogP contribution in [-0.2, 0) is 14.4 Å². The molecule has 0 aliphatic heterocycles. The van der Waals surface area contributed by atoms with Crippen molar-refractivity contribution in [2.24, 2.45) is 11.7 Å². The lowest BCUT2D eigenvalue weighted by atomic mass is 9.85. The summed E-state index contributed by atoms with van der Waals surface area (Å²) in [6.45, 7) is 0.572. The molecular weight excluding hydrogens is 294 g/mol. The maximum Gasteiger partial charge on any atom is 0.239 e. The van der Waals surface area contributed by atoms with Gasteiger partial charge in [0.2, 0.25) is 11.8 Å². The van der Waals surface area contributed by atoms with Crippen molar-refractivity contribution in [1.82, 2.24) is 10.6 Å². The van der Waals surface area contributed by atoms with Gasteiger partial charge in [-0.25, -0.2) is 0 Å². The average Bonchev–Trinajstić information content (AvgIpc) is 2.57. The van der Waals surface area contributed by atoms with E-state index in [2.05, 4.69) is 10.6 Å². The van der Waals surface area contributed by atoms with Gasteiger partial charge in [-0.05, 0) is 31.7 Å². The predicted molar refractivity (Wildman–Crippen MR) is 89.7 cm³/mol. The van der Waals surface area contributed by atoms with Crippen LogP contribution in [0.3, 0.4) is 0 Å². The van der Waals surface area contributed by atoms with E-state index in [1.807, 2.05) is 0 Å². The maximum absolute atomic E-state index is 11.8. The van der Waals surface area contributed by atoms with Crippen molar-refractivity contribution in [1.29, 1.82) is 0 Å². The Kier molecular flexibility index (Phi) is 10.3. The number of amides is 2. The fourth-order valence-electron chi connectivity index (χ4n) is 3.06. The summed E-state index contributed by atoms with van der Waals surface area (Å²) in [5, 5.41) is 5.30. The SMILES string of the molecule is NCCCCCC(=O)NCC(=O)N[C@H](C=O)CC1CCCCC1. The highest BCUT2D eigenvalue weighted by Gasteiger charge is 2.20. The summed E-state index contributed by atoms with van der Waals surface area (Å²) >= 11 is 0. The number of unbranched alkanes of at least 4 members (excludes halogenated alkanes) is 2. The normalized spacial score (nSPS) is 16.6. The minimum Gasteiger partial charge on any atom is -0.347 e. The van der Waals surface area contributed by atoms with E-state index in [1.54, 1.807) is 0 Å². The number of rotatable bonds is 11. The quantitative estimate of drug-likeness (QED) is 0.393. The Hall–Kier alpha value is -1.43. The Bertz CT molecular complexity index is 368. The molecule has 6 nitrogen and oxygen atoms in total. The summed E-state index contributed by atoms with van der Waals surface area (Å²) in [4.78, 5) is 34.6. The largest absolute Gasteiger partial charge is 0.347 e. The summed E-state index contributed by atoms with van der Waals surface area (Å²) in [7, 11) is 0. The topological polar surface area (TPSA) is 101 Å². The number of hydrogen-bond donors (Lipinski definition) is 3. The van der Waals surface area contributed by atoms with E-state index in [0.29, 0.717) is 25.3 Å². The third-order valence-corrected chi connectivity index (χ3v) is 4.38. The molecule has 132 valence electrons. The van der Waals surface area contributed by atoms with Crippen molar-refractivity contribution in [3.63, 3.8) is 0 Å². The first kappa shape index (κ1) is 19.6. The first-order chi connectivity index (χ1) is 11.2. The Labute approximate surface area is 138 Å². The minimum absolute atomic E-state index is 0.0648. The highest BCUT2D eigenvalue weighted by atomic mass is 16.2. The van der Waals surface area contributed by atoms with Crippen LogP contribution in [0.5, 0.6) is 0 Å². The van der Waals surface area contributed by atoms with Crippen molar-refractivity contribution in [2.75, 3.05) is 13.1 Å². The van der Waals surface area contributed by atoms with Gasteiger partial charge in [0.15, 0.2) is 0 Å². The predicted octanol–water partition coefficient (Wildman–Crippen LogP) is 1.28. The second kappa shape index (κ2) is 12.0. The van der Waals surface area contributed by atoms with Crippen molar-refractivity contribution >= 4 is 18.1 Å². The van der Waals surface area contributed by atoms with Gasteiger partial charge in [-0.1, -0.05) is 38.5 Å². The molecule has 2 amide bonds. The van der Waals surface area contributed by atoms with E-state index in [-0.39, 0.29) is 18.4 Å². The molecule has 0 spiro atoms. The molecule has 0 aromatic heterocycles. The minimum atomic E-state index is -0.438. The van der Waals surface area contributed by atoms with Gasteiger partial charge in [0.25, 0.3) is 0 Å². The van der Waals surface area contributed by atoms with Gasteiger partial charge < -0.3 is 21.2 Å². The molecule has 1 rings (SSSR count). The smallest absolute Gasteiger partial charge is 0.239 e. The molecule has 1 atom stereocenters. The van der Waals surface area contributed by atoms with Crippen molar-refractivity contribution < 1.29 is 14.4 Å². The molecule has 0 aromatic rings. The Balaban J connectivity index is 2.17. The lowest BCUT2D eigenvalue weighted by Gasteiger charge is -2.24. The molecule has 6 heteroatoms. The molecule has 4 N–H and O–H groups in total. The molecule has 0 heterocycles. The van der Waals surface area contributed by atoms with Crippen molar-refractivity contribution in [3.8, 4) is 0 Å². The molecule has 1 fully saturated rings. The second-order valence-corrected chi connectivity index (χ2v) is 6.43. The molecule has 1 aliphatic carbocycles. The van der Waals surface area contributed by atoms with Gasteiger partial charge in [0.1, 0.15) is 6.29 Å². The molecular formula is C17H31N3O3. The summed E-state index contributed by atoms with van der Waals surface area (Å²) in [6.07, 6.45) is 10.5. The van der Waals surface area contributed by atoms with Crippen molar-refractivity contribution in [3.05, 3.63) is 0 Å². The summed E-state index contributed by atoms with van der Waals surface area (Å²) < 4.78 is 0. The van der Waals surface area contributed by atoms with Gasteiger partial charge in [-0.2, -0.15) is 0 Å². The first-order valence-corrected chi connectivity index (χ1v) is 8.87. The van der Waals surface area contributed by atoms with E-state index in [4.69, 9.17) is 5.73 Å². The number of carbonyl (C=O) groups excluding carboxylic acids is 3. The van der Waals surface area contributed by atoms with E-state index in [9.17, 15) is 14.4 Å². The Morgan fingerprint density at radius 2 is 1.83 bits per heavy atom. The molecule has 0 radical (unpaired) electrons. The number of nitrogens with one attached hydrogen (secondary N) is 2. The highest BCUT2D eigenvalue weighted by Crippen LogP contribution is 2.26. The third-order valence-electron chi connectivity index (χ3n) is 4.38. The number of aldehydes is 1. The third kappa shape index (κ3) is 9.33. The van der Waals surface area contributed by atoms with Crippen LogP contribution < -0.4 is 16.4 Å². The molecule has 0 bridgehead atoms. The molecule has 0 unspecified atom stereocenters. The zero-order chi connectivity index (χ0) is 16.9. The fraction of sp³-hybridized carbons (Fsp3) is 0.824. The Morgan fingerprint density at radius 1 is 1.09 bits per heavy atom. The van der Waals surface area contributed by atoms with Gasteiger partial charge in [-0.15, -0.1) is 0 Å². The van der Waals surface area contributed by atoms with Crippen LogP contribution in [0.15, 0.2) is 0 Å². The lowest BCUT2D eigenvalue weighted by Crippen LogP contribution is -2.43. The zero-order valence-corrected chi connectivity index (χ0v) is 14.0. The van der Waals surface area contributed by atoms with Crippen LogP contribution in [0.1, 0.15) is 64.2 Å². The first-order valence-electron chi connectivity index (χ1n) is 8.87.